The number of hydrogen-bond donors (Lipinski definition) is 3. The van der Waals surface area contributed by atoms with Crippen LogP contribution in [0.3, 0.4) is 0 Å². The van der Waals surface area contributed by atoms with Crippen LogP contribution in [0.5, 0.6) is 0 Å². The number of benzene rings is 1. The maximum Gasteiger partial charge on any atom is 0.306 e. The van der Waals surface area contributed by atoms with Gasteiger partial charge in [0.25, 0.3) is 0 Å². The molecule has 0 heterocycles. The third-order valence-corrected chi connectivity index (χ3v) is 2.48. The number of aliphatic hydroxyl groups excluding tert-OH is 2. The fraction of sp³-hybridized carbons (Fsp3) is 0.273. The highest BCUT2D eigenvalue weighted by atomic mass is 35.5. The maximum atomic E-state index is 10.8. The number of aliphatic hydroxyl groups is 2. The summed E-state index contributed by atoms with van der Waals surface area (Å²) in [4.78, 5) is 21.2. The molecule has 0 amide bonds. The van der Waals surface area contributed by atoms with Crippen LogP contribution in [-0.4, -0.2) is 33.7 Å². The van der Waals surface area contributed by atoms with E-state index in [4.69, 9.17) is 16.7 Å². The van der Waals surface area contributed by atoms with Crippen LogP contribution in [0.2, 0.25) is 5.02 Å². The molecule has 92 valence electrons. The quantitative estimate of drug-likeness (QED) is 0.686. The standard InChI is InChI=1S/C11H11ClO5/c12-7-1-2-8(6(3-7)5-13)11(17)9(14)4-10(15)16/h1-3,5,9,11,14,17H,4H2,(H,15,16). The summed E-state index contributed by atoms with van der Waals surface area (Å²) >= 11 is 5.67. The van der Waals surface area contributed by atoms with Crippen molar-refractivity contribution in [1.82, 2.24) is 0 Å². The first-order valence-electron chi connectivity index (χ1n) is 4.78. The van der Waals surface area contributed by atoms with Gasteiger partial charge in [-0.2, -0.15) is 0 Å². The van der Waals surface area contributed by atoms with Crippen LogP contribution in [0.4, 0.5) is 0 Å². The molecule has 2 atom stereocenters. The fourth-order valence-electron chi connectivity index (χ4n) is 1.41. The number of hydrogen-bond acceptors (Lipinski definition) is 4. The lowest BCUT2D eigenvalue weighted by atomic mass is 9.98. The predicted octanol–water partition coefficient (Wildman–Crippen LogP) is 1.02. The number of halogens is 1. The lowest BCUT2D eigenvalue weighted by molar-refractivity contribution is -0.141. The Hall–Kier alpha value is -1.43. The second kappa shape index (κ2) is 5.77. The van der Waals surface area contributed by atoms with Gasteiger partial charge in [-0.3, -0.25) is 9.59 Å². The third kappa shape index (κ3) is 3.52. The number of carbonyl (C=O) groups is 2. The minimum absolute atomic E-state index is 0.120. The van der Waals surface area contributed by atoms with Crippen molar-refractivity contribution >= 4 is 23.9 Å². The monoisotopic (exact) mass is 258 g/mol. The van der Waals surface area contributed by atoms with Crippen molar-refractivity contribution in [2.45, 2.75) is 18.6 Å². The Kier molecular flexibility index (Phi) is 4.62. The van der Waals surface area contributed by atoms with E-state index in [9.17, 15) is 19.8 Å². The molecule has 5 nitrogen and oxygen atoms in total. The summed E-state index contributed by atoms with van der Waals surface area (Å²) in [5, 5.41) is 28.0. The first kappa shape index (κ1) is 13.6. The van der Waals surface area contributed by atoms with Crippen LogP contribution in [0.1, 0.15) is 28.4 Å². The van der Waals surface area contributed by atoms with Crippen molar-refractivity contribution < 1.29 is 24.9 Å². The Morgan fingerprint density at radius 2 is 2.06 bits per heavy atom. The normalized spacial score (nSPS) is 14.1. The van der Waals surface area contributed by atoms with E-state index < -0.39 is 24.6 Å². The minimum atomic E-state index is -1.48. The molecule has 0 fully saturated rings. The maximum absolute atomic E-state index is 10.8. The van der Waals surface area contributed by atoms with Gasteiger partial charge < -0.3 is 15.3 Å². The molecule has 0 saturated heterocycles. The first-order chi connectivity index (χ1) is 7.95. The molecular weight excluding hydrogens is 248 g/mol. The lowest BCUT2D eigenvalue weighted by Gasteiger charge is -2.18. The van der Waals surface area contributed by atoms with E-state index >= 15 is 0 Å². The zero-order valence-corrected chi connectivity index (χ0v) is 9.46. The van der Waals surface area contributed by atoms with Crippen molar-refractivity contribution in [3.8, 4) is 0 Å². The van der Waals surface area contributed by atoms with Gasteiger partial charge in [0.05, 0.1) is 12.5 Å². The molecule has 3 N–H and O–H groups in total. The molecule has 2 unspecified atom stereocenters. The highest BCUT2D eigenvalue weighted by Crippen LogP contribution is 2.24. The van der Waals surface area contributed by atoms with Crippen LogP contribution in [-0.2, 0) is 4.79 Å². The summed E-state index contributed by atoms with van der Waals surface area (Å²) in [5.74, 6) is -1.24. The van der Waals surface area contributed by atoms with Crippen LogP contribution >= 0.6 is 11.6 Å². The van der Waals surface area contributed by atoms with Gasteiger partial charge in [0.15, 0.2) is 0 Å². The zero-order chi connectivity index (χ0) is 13.0. The van der Waals surface area contributed by atoms with E-state index in [2.05, 4.69) is 0 Å². The average Bonchev–Trinajstić information content (AvgIpc) is 2.27. The molecule has 1 aromatic rings. The Morgan fingerprint density at radius 1 is 1.41 bits per heavy atom. The molecule has 0 aliphatic rings. The first-order valence-corrected chi connectivity index (χ1v) is 5.16. The van der Waals surface area contributed by atoms with Gasteiger partial charge in [0, 0.05) is 10.6 Å². The van der Waals surface area contributed by atoms with E-state index in [1.165, 1.54) is 18.2 Å². The third-order valence-electron chi connectivity index (χ3n) is 2.24. The highest BCUT2D eigenvalue weighted by molar-refractivity contribution is 6.30. The summed E-state index contributed by atoms with van der Waals surface area (Å²) in [5.41, 5.74) is 0.271. The number of aldehydes is 1. The molecule has 0 saturated carbocycles. The number of aliphatic carboxylic acids is 1. The second-order valence-electron chi connectivity index (χ2n) is 3.50. The van der Waals surface area contributed by atoms with E-state index in [-0.39, 0.29) is 11.1 Å². The Morgan fingerprint density at radius 3 is 2.59 bits per heavy atom. The summed E-state index contributed by atoms with van der Waals surface area (Å²) in [7, 11) is 0. The molecule has 1 rings (SSSR count). The van der Waals surface area contributed by atoms with E-state index in [1.54, 1.807) is 0 Å². The lowest BCUT2D eigenvalue weighted by Crippen LogP contribution is -2.22. The van der Waals surface area contributed by atoms with Gasteiger partial charge in [-0.1, -0.05) is 17.7 Å². The van der Waals surface area contributed by atoms with E-state index in [0.29, 0.717) is 11.3 Å². The van der Waals surface area contributed by atoms with E-state index in [0.717, 1.165) is 0 Å². The minimum Gasteiger partial charge on any atom is -0.481 e. The Labute approximate surface area is 102 Å². The molecular formula is C11H11ClO5. The molecule has 0 aliphatic carbocycles. The van der Waals surface area contributed by atoms with Crippen LogP contribution in [0, 0.1) is 0 Å². The van der Waals surface area contributed by atoms with E-state index in [1.807, 2.05) is 0 Å². The van der Waals surface area contributed by atoms with Gasteiger partial charge in [0.2, 0.25) is 0 Å². The summed E-state index contributed by atoms with van der Waals surface area (Å²) in [6, 6.07) is 4.16. The molecule has 0 spiro atoms. The fourth-order valence-corrected chi connectivity index (χ4v) is 1.60. The smallest absolute Gasteiger partial charge is 0.306 e. The van der Waals surface area contributed by atoms with Crippen molar-refractivity contribution in [3.05, 3.63) is 34.3 Å². The van der Waals surface area contributed by atoms with Gasteiger partial charge in [0.1, 0.15) is 12.4 Å². The van der Waals surface area contributed by atoms with Gasteiger partial charge in [-0.05, 0) is 17.7 Å². The molecule has 17 heavy (non-hydrogen) atoms. The molecule has 0 aromatic heterocycles. The van der Waals surface area contributed by atoms with Crippen LogP contribution in [0.25, 0.3) is 0 Å². The number of carbonyl (C=O) groups excluding carboxylic acids is 1. The average molecular weight is 259 g/mol. The van der Waals surface area contributed by atoms with Crippen molar-refractivity contribution in [2.75, 3.05) is 0 Å². The second-order valence-corrected chi connectivity index (χ2v) is 3.94. The molecule has 6 heteroatoms. The Balaban J connectivity index is 2.98. The zero-order valence-electron chi connectivity index (χ0n) is 8.71. The van der Waals surface area contributed by atoms with Crippen molar-refractivity contribution in [2.24, 2.45) is 0 Å². The number of rotatable bonds is 5. The highest BCUT2D eigenvalue weighted by Gasteiger charge is 2.23. The van der Waals surface area contributed by atoms with Crippen LogP contribution < -0.4 is 0 Å². The molecule has 0 radical (unpaired) electrons. The van der Waals surface area contributed by atoms with Gasteiger partial charge in [-0.25, -0.2) is 0 Å². The predicted molar refractivity (Wildman–Crippen MR) is 60.1 cm³/mol. The summed E-state index contributed by atoms with van der Waals surface area (Å²) < 4.78 is 0. The van der Waals surface area contributed by atoms with Crippen molar-refractivity contribution in [1.29, 1.82) is 0 Å². The van der Waals surface area contributed by atoms with Crippen molar-refractivity contribution in [3.63, 3.8) is 0 Å². The van der Waals surface area contributed by atoms with Crippen LogP contribution in [0.15, 0.2) is 18.2 Å². The van der Waals surface area contributed by atoms with Gasteiger partial charge >= 0.3 is 5.97 Å². The SMILES string of the molecule is O=Cc1cc(Cl)ccc1C(O)C(O)CC(=O)O. The molecule has 0 bridgehead atoms. The van der Waals surface area contributed by atoms with Gasteiger partial charge in [-0.15, -0.1) is 0 Å². The number of carboxylic acids is 1. The topological polar surface area (TPSA) is 94.8 Å². The molecule has 0 aliphatic heterocycles. The summed E-state index contributed by atoms with van der Waals surface area (Å²) in [6.45, 7) is 0. The number of carboxylic acid groups (broad SMARTS) is 1. The Bertz CT molecular complexity index is 432. The molecule has 1 aromatic carbocycles. The largest absolute Gasteiger partial charge is 0.481 e. The summed E-state index contributed by atoms with van der Waals surface area (Å²) in [6.07, 6.45) is -3.05.